The molecule has 218 valence electrons. The molecular weight excluding hydrogens is 526 g/mol. The summed E-state index contributed by atoms with van der Waals surface area (Å²) in [7, 11) is -1.37. The zero-order valence-electron chi connectivity index (χ0n) is 25.0. The van der Waals surface area contributed by atoms with Gasteiger partial charge in [0.15, 0.2) is 17.6 Å². The lowest BCUT2D eigenvalue weighted by Gasteiger charge is -2.49. The van der Waals surface area contributed by atoms with E-state index in [9.17, 15) is 14.7 Å². The fourth-order valence-corrected chi connectivity index (χ4v) is 12.4. The van der Waals surface area contributed by atoms with Crippen LogP contribution in [-0.2, 0) is 29.9 Å². The lowest BCUT2D eigenvalue weighted by molar-refractivity contribution is -0.190. The Hall–Kier alpha value is -2.72. The normalized spacial score (nSPS) is 26.0. The number of amides is 1. The number of ketones is 1. The van der Waals surface area contributed by atoms with Crippen molar-refractivity contribution in [3.63, 3.8) is 0 Å². The number of carbonyl (C=O) groups excluding carboxylic acids is 2. The number of furan rings is 1. The van der Waals surface area contributed by atoms with E-state index in [1.54, 1.807) is 37.3 Å². The molecule has 1 spiro atoms. The number of rotatable bonds is 10. The highest BCUT2D eigenvalue weighted by Crippen LogP contribution is 2.53. The predicted molar refractivity (Wildman–Crippen MR) is 155 cm³/mol. The summed E-state index contributed by atoms with van der Waals surface area (Å²) in [4.78, 5) is 28.4. The molecule has 8 nitrogen and oxygen atoms in total. The van der Waals surface area contributed by atoms with Crippen LogP contribution in [0.2, 0.25) is 16.6 Å². The molecule has 0 aliphatic carbocycles. The molecule has 40 heavy (non-hydrogen) atoms. The van der Waals surface area contributed by atoms with Gasteiger partial charge in [0.25, 0.3) is 11.5 Å². The van der Waals surface area contributed by atoms with Gasteiger partial charge >= 0.3 is 0 Å². The van der Waals surface area contributed by atoms with E-state index >= 15 is 0 Å². The second-order valence-electron chi connectivity index (χ2n) is 11.8. The summed E-state index contributed by atoms with van der Waals surface area (Å²) < 4.78 is 25.7. The summed E-state index contributed by atoms with van der Waals surface area (Å²) in [5.41, 5.74) is -2.80. The fourth-order valence-electron chi connectivity index (χ4n) is 6.82. The number of aliphatic hydroxyl groups is 1. The number of methoxy groups -OCH3 is 1. The Morgan fingerprint density at radius 1 is 1.00 bits per heavy atom. The molecule has 1 fully saturated rings. The topological polar surface area (TPSA) is 107 Å². The van der Waals surface area contributed by atoms with Crippen molar-refractivity contribution in [3.8, 4) is 0 Å². The van der Waals surface area contributed by atoms with Crippen LogP contribution in [0, 0.1) is 0 Å². The number of benzene rings is 1. The number of ether oxygens (including phenoxy) is 2. The zero-order chi connectivity index (χ0) is 29.6. The molecule has 1 saturated heterocycles. The molecule has 0 radical (unpaired) electrons. The van der Waals surface area contributed by atoms with Crippen LogP contribution in [0.3, 0.4) is 0 Å². The summed E-state index contributed by atoms with van der Waals surface area (Å²) in [6.07, 6.45) is -1.99. The zero-order valence-corrected chi connectivity index (χ0v) is 26.0. The number of hydrogen-bond acceptors (Lipinski definition) is 7. The summed E-state index contributed by atoms with van der Waals surface area (Å²) in [5.74, 6) is 0.0469. The summed E-state index contributed by atoms with van der Waals surface area (Å²) >= 11 is 0. The first-order valence-corrected chi connectivity index (χ1v) is 16.3. The third-order valence-corrected chi connectivity index (χ3v) is 14.9. The van der Waals surface area contributed by atoms with Gasteiger partial charge in [0, 0.05) is 19.1 Å². The average molecular weight is 570 g/mol. The highest BCUT2D eigenvalue weighted by molar-refractivity contribution is 6.77. The van der Waals surface area contributed by atoms with Gasteiger partial charge in [-0.25, -0.2) is 0 Å². The van der Waals surface area contributed by atoms with Crippen LogP contribution >= 0.6 is 0 Å². The molecule has 2 N–H and O–H groups in total. The van der Waals surface area contributed by atoms with E-state index < -0.39 is 43.5 Å². The summed E-state index contributed by atoms with van der Waals surface area (Å²) in [6, 6.07) is 12.5. The molecule has 1 aromatic heterocycles. The maximum atomic E-state index is 14.3. The third kappa shape index (κ3) is 4.29. The second-order valence-corrected chi connectivity index (χ2v) is 17.2. The number of carbonyl (C=O) groups is 2. The van der Waals surface area contributed by atoms with Crippen LogP contribution in [-0.4, -0.2) is 49.7 Å². The van der Waals surface area contributed by atoms with Crippen molar-refractivity contribution in [1.82, 2.24) is 5.32 Å². The Bertz CT molecular complexity index is 1260. The lowest BCUT2D eigenvalue weighted by Crippen LogP contribution is -2.65. The molecule has 2 aliphatic rings. The van der Waals surface area contributed by atoms with Crippen molar-refractivity contribution < 1.29 is 33.0 Å². The van der Waals surface area contributed by atoms with Crippen LogP contribution in [0.1, 0.15) is 78.6 Å². The fraction of sp³-hybridized carbons (Fsp3) is 0.548. The van der Waals surface area contributed by atoms with E-state index in [4.69, 9.17) is 18.3 Å². The van der Waals surface area contributed by atoms with Gasteiger partial charge in [-0.3, -0.25) is 9.59 Å². The van der Waals surface area contributed by atoms with Gasteiger partial charge in [-0.15, -0.1) is 0 Å². The van der Waals surface area contributed by atoms with Gasteiger partial charge < -0.3 is 28.7 Å². The van der Waals surface area contributed by atoms with Crippen LogP contribution in [0.5, 0.6) is 0 Å². The van der Waals surface area contributed by atoms with Crippen molar-refractivity contribution >= 4 is 25.8 Å². The molecule has 0 bridgehead atoms. The van der Waals surface area contributed by atoms with Crippen LogP contribution < -0.4 is 5.32 Å². The average Bonchev–Trinajstić information content (AvgIpc) is 3.57. The lowest BCUT2D eigenvalue weighted by atomic mass is 9.84. The standard InChI is InChI=1S/C31H43NO7Si/c1-10-23-16-17-24(37-23)25-21(8)26(33)30(38-25)28(39-40(18(2)3,19(4)5)20(6)7)31(36-9,32-29(30)35)27(34)22-14-12-11-13-15-22/h11-20,27-28,34H,10H2,1-9H3,(H,32,35)/t27?,28-,30-,31-/m1/s1. The van der Waals surface area contributed by atoms with Crippen molar-refractivity contribution in [1.29, 1.82) is 0 Å². The largest absolute Gasteiger partial charge is 0.462 e. The van der Waals surface area contributed by atoms with Gasteiger partial charge in [0.2, 0.25) is 19.8 Å². The summed E-state index contributed by atoms with van der Waals surface area (Å²) in [5, 5.41) is 14.7. The molecule has 2 aromatic rings. The minimum absolute atomic E-state index is 0.117. The van der Waals surface area contributed by atoms with Crippen molar-refractivity contribution in [2.75, 3.05) is 7.11 Å². The second kappa shape index (κ2) is 10.9. The third-order valence-electron chi connectivity index (χ3n) is 8.81. The van der Waals surface area contributed by atoms with Gasteiger partial charge in [-0.1, -0.05) is 78.8 Å². The Labute approximate surface area is 238 Å². The minimum Gasteiger partial charge on any atom is -0.462 e. The number of aryl methyl sites for hydroxylation is 1. The monoisotopic (exact) mass is 569 g/mol. The molecular formula is C31H43NO7Si. The Morgan fingerprint density at radius 2 is 1.60 bits per heavy atom. The van der Waals surface area contributed by atoms with E-state index in [-0.39, 0.29) is 28.0 Å². The Balaban J connectivity index is 1.95. The summed E-state index contributed by atoms with van der Waals surface area (Å²) in [6.45, 7) is 16.3. The number of aliphatic hydroxyl groups excluding tert-OH is 1. The van der Waals surface area contributed by atoms with Crippen molar-refractivity contribution in [2.24, 2.45) is 0 Å². The predicted octanol–water partition coefficient (Wildman–Crippen LogP) is 5.68. The maximum Gasteiger partial charge on any atom is 0.278 e. The maximum absolute atomic E-state index is 14.3. The van der Waals surface area contributed by atoms with Gasteiger partial charge in [0.05, 0.1) is 0 Å². The first-order valence-electron chi connectivity index (χ1n) is 14.2. The van der Waals surface area contributed by atoms with Gasteiger partial charge in [-0.05, 0) is 41.2 Å². The first kappa shape index (κ1) is 30.2. The molecule has 1 aromatic carbocycles. The van der Waals surface area contributed by atoms with Crippen molar-refractivity contribution in [3.05, 3.63) is 65.1 Å². The first-order chi connectivity index (χ1) is 18.8. The molecule has 3 heterocycles. The van der Waals surface area contributed by atoms with E-state index in [1.807, 2.05) is 19.1 Å². The van der Waals surface area contributed by atoms with Gasteiger partial charge in [-0.2, -0.15) is 0 Å². The van der Waals surface area contributed by atoms with Crippen LogP contribution in [0.4, 0.5) is 0 Å². The van der Waals surface area contributed by atoms with Crippen LogP contribution in [0.25, 0.3) is 5.76 Å². The SMILES string of the molecule is CCc1ccc(C2=C(C)C(=O)[C@]3(O2)C(=O)N[C@@](OC)(C(O)c2ccccc2)[C@@H]3O[Si](C(C)C)(C(C)C)C(C)C)o1. The molecule has 9 heteroatoms. The van der Waals surface area contributed by atoms with Crippen LogP contribution in [0.15, 0.2) is 52.5 Å². The Kier molecular flexibility index (Phi) is 8.26. The highest BCUT2D eigenvalue weighted by Gasteiger charge is 2.76. The van der Waals surface area contributed by atoms with E-state index in [0.29, 0.717) is 17.7 Å². The molecule has 2 aliphatic heterocycles. The van der Waals surface area contributed by atoms with E-state index in [0.717, 1.165) is 5.76 Å². The van der Waals surface area contributed by atoms with E-state index in [2.05, 4.69) is 46.9 Å². The van der Waals surface area contributed by atoms with Gasteiger partial charge in [0.1, 0.15) is 11.9 Å². The molecule has 1 amide bonds. The van der Waals surface area contributed by atoms with Crippen molar-refractivity contribution in [2.45, 2.75) is 102 Å². The number of hydrogen-bond donors (Lipinski definition) is 2. The smallest absolute Gasteiger partial charge is 0.278 e. The van der Waals surface area contributed by atoms with E-state index in [1.165, 1.54) is 7.11 Å². The molecule has 0 saturated carbocycles. The molecule has 4 rings (SSSR count). The Morgan fingerprint density at radius 3 is 2.10 bits per heavy atom. The number of nitrogens with one attached hydrogen (secondary N) is 1. The number of Topliss-reactive ketones (excluding diaryl/α,β-unsaturated/α-hetero) is 1. The molecule has 1 unspecified atom stereocenters. The quantitative estimate of drug-likeness (QED) is 0.280. The molecule has 4 atom stereocenters. The minimum atomic E-state index is -2.78. The highest BCUT2D eigenvalue weighted by atomic mass is 28.4.